The minimum atomic E-state index is -0.571. The molecule has 3 heterocycles. The SMILES string of the molecule is CC(C)(CCNC(=O)c1cnc(-c2ccc3cc(C#N)cnn23)cc1NC12CCC(O)(CC1)CC2)CC(=O)OC(C)(C)C. The number of aliphatic hydroxyl groups is 1. The van der Waals surface area contributed by atoms with Crippen LogP contribution in [0.3, 0.4) is 0 Å². The van der Waals surface area contributed by atoms with E-state index in [0.717, 1.165) is 49.7 Å². The molecule has 0 aromatic carbocycles. The van der Waals surface area contributed by atoms with E-state index in [9.17, 15) is 20.0 Å². The first-order valence-electron chi connectivity index (χ1n) is 15.1. The number of carbonyl (C=O) groups excluding carboxylic acids is 2. The lowest BCUT2D eigenvalue weighted by molar-refractivity contribution is -0.157. The Labute approximate surface area is 252 Å². The van der Waals surface area contributed by atoms with Gasteiger partial charge in [0.15, 0.2) is 0 Å². The Morgan fingerprint density at radius 3 is 2.42 bits per heavy atom. The number of nitrogens with zero attached hydrogens (tertiary/aromatic N) is 4. The monoisotopic (exact) mass is 586 g/mol. The van der Waals surface area contributed by atoms with Gasteiger partial charge in [0, 0.05) is 18.3 Å². The zero-order valence-electron chi connectivity index (χ0n) is 25.8. The Morgan fingerprint density at radius 2 is 1.77 bits per heavy atom. The first-order chi connectivity index (χ1) is 20.2. The predicted octanol–water partition coefficient (Wildman–Crippen LogP) is 5.40. The summed E-state index contributed by atoms with van der Waals surface area (Å²) in [6.07, 6.45) is 8.66. The molecule has 228 valence electrons. The number of nitriles is 1. The number of nitrogens with one attached hydrogen (secondary N) is 2. The van der Waals surface area contributed by atoms with Gasteiger partial charge in [-0.05, 0) is 95.4 Å². The van der Waals surface area contributed by atoms with Crippen molar-refractivity contribution in [3.63, 3.8) is 0 Å². The summed E-state index contributed by atoms with van der Waals surface area (Å²) >= 11 is 0. The molecular formula is C33H42N6O4. The maximum absolute atomic E-state index is 13.6. The molecule has 0 saturated heterocycles. The highest BCUT2D eigenvalue weighted by atomic mass is 16.6. The molecule has 1 amide bonds. The second-order valence-corrected chi connectivity index (χ2v) is 14.1. The molecule has 43 heavy (non-hydrogen) atoms. The summed E-state index contributed by atoms with van der Waals surface area (Å²) in [4.78, 5) is 30.6. The number of hydrogen-bond acceptors (Lipinski definition) is 8. The molecule has 3 aromatic rings. The van der Waals surface area contributed by atoms with Crippen molar-refractivity contribution in [2.45, 2.75) is 103 Å². The third-order valence-corrected chi connectivity index (χ3v) is 8.78. The molecule has 6 rings (SSSR count). The Morgan fingerprint density at radius 1 is 1.07 bits per heavy atom. The van der Waals surface area contributed by atoms with Crippen molar-refractivity contribution in [3.05, 3.63) is 47.8 Å². The number of fused-ring (bicyclic) bond motifs is 4. The summed E-state index contributed by atoms with van der Waals surface area (Å²) in [5, 5.41) is 31.2. The zero-order chi connectivity index (χ0) is 31.0. The van der Waals surface area contributed by atoms with Crippen LogP contribution in [0.2, 0.25) is 0 Å². The fraction of sp³-hybridized carbons (Fsp3) is 0.545. The van der Waals surface area contributed by atoms with Crippen molar-refractivity contribution < 1.29 is 19.4 Å². The number of hydrogen-bond donors (Lipinski definition) is 3. The summed E-state index contributed by atoms with van der Waals surface area (Å²) < 4.78 is 7.22. The normalized spacial score (nSPS) is 21.8. The van der Waals surface area contributed by atoms with Crippen LogP contribution >= 0.6 is 0 Å². The van der Waals surface area contributed by atoms with Crippen molar-refractivity contribution in [2.75, 3.05) is 11.9 Å². The van der Waals surface area contributed by atoms with Gasteiger partial charge in [-0.25, -0.2) is 4.52 Å². The van der Waals surface area contributed by atoms with E-state index in [1.807, 2.05) is 52.8 Å². The molecule has 10 heteroatoms. The average molecular weight is 587 g/mol. The Bertz CT molecular complexity index is 1550. The number of pyridine rings is 1. The molecule has 0 spiro atoms. The van der Waals surface area contributed by atoms with Crippen LogP contribution in [0.25, 0.3) is 16.9 Å². The number of ether oxygens (including phenoxy) is 1. The fourth-order valence-corrected chi connectivity index (χ4v) is 6.24. The molecule has 3 saturated carbocycles. The minimum absolute atomic E-state index is 0.200. The van der Waals surface area contributed by atoms with Gasteiger partial charge < -0.3 is 20.5 Å². The summed E-state index contributed by atoms with van der Waals surface area (Å²) in [5.41, 5.74) is 2.11. The average Bonchev–Trinajstić information content (AvgIpc) is 3.35. The second kappa shape index (κ2) is 11.3. The lowest BCUT2D eigenvalue weighted by atomic mass is 9.63. The van der Waals surface area contributed by atoms with E-state index in [-0.39, 0.29) is 29.3 Å². The van der Waals surface area contributed by atoms with Crippen molar-refractivity contribution in [2.24, 2.45) is 5.41 Å². The quantitative estimate of drug-likeness (QED) is 0.283. The highest BCUT2D eigenvalue weighted by Crippen LogP contribution is 2.48. The number of esters is 1. The van der Waals surface area contributed by atoms with Crippen LogP contribution in [-0.2, 0) is 9.53 Å². The first-order valence-corrected chi connectivity index (χ1v) is 15.1. The van der Waals surface area contributed by atoms with E-state index in [4.69, 9.17) is 4.74 Å². The first kappa shape index (κ1) is 30.5. The van der Waals surface area contributed by atoms with Crippen LogP contribution in [0.5, 0.6) is 0 Å². The van der Waals surface area contributed by atoms with Crippen LogP contribution in [0.15, 0.2) is 36.7 Å². The topological polar surface area (TPSA) is 142 Å². The Hall–Kier alpha value is -3.97. The third-order valence-electron chi connectivity index (χ3n) is 8.78. The van der Waals surface area contributed by atoms with E-state index >= 15 is 0 Å². The van der Waals surface area contributed by atoms with E-state index in [1.165, 1.54) is 6.20 Å². The summed E-state index contributed by atoms with van der Waals surface area (Å²) in [6, 6.07) is 9.58. The largest absolute Gasteiger partial charge is 0.460 e. The molecule has 0 radical (unpaired) electrons. The van der Waals surface area contributed by atoms with Gasteiger partial charge in [-0.2, -0.15) is 10.4 Å². The number of anilines is 1. The fourth-order valence-electron chi connectivity index (χ4n) is 6.24. The maximum atomic E-state index is 13.6. The van der Waals surface area contributed by atoms with Gasteiger partial charge in [-0.1, -0.05) is 13.8 Å². The van der Waals surface area contributed by atoms with Crippen LogP contribution in [0.1, 0.15) is 102 Å². The molecule has 3 N–H and O–H groups in total. The van der Waals surface area contributed by atoms with Gasteiger partial charge >= 0.3 is 5.97 Å². The van der Waals surface area contributed by atoms with Crippen molar-refractivity contribution in [1.82, 2.24) is 19.9 Å². The van der Waals surface area contributed by atoms with Crippen LogP contribution in [0, 0.1) is 16.7 Å². The van der Waals surface area contributed by atoms with Gasteiger partial charge in [-0.15, -0.1) is 0 Å². The number of amides is 1. The minimum Gasteiger partial charge on any atom is -0.460 e. The molecule has 3 aliphatic carbocycles. The molecule has 10 nitrogen and oxygen atoms in total. The highest BCUT2D eigenvalue weighted by molar-refractivity contribution is 6.00. The Balaban J connectivity index is 1.37. The third kappa shape index (κ3) is 6.99. The molecule has 3 aromatic heterocycles. The Kier molecular flexibility index (Phi) is 7.99. The number of aromatic nitrogens is 3. The van der Waals surface area contributed by atoms with Crippen molar-refractivity contribution in [1.29, 1.82) is 5.26 Å². The van der Waals surface area contributed by atoms with Gasteiger partial charge in [0.05, 0.1) is 51.9 Å². The van der Waals surface area contributed by atoms with Gasteiger partial charge in [-0.3, -0.25) is 14.6 Å². The van der Waals surface area contributed by atoms with E-state index in [2.05, 4.69) is 26.8 Å². The molecule has 3 fully saturated rings. The zero-order valence-corrected chi connectivity index (χ0v) is 25.8. The molecular weight excluding hydrogens is 544 g/mol. The summed E-state index contributed by atoms with van der Waals surface area (Å²) in [5.74, 6) is -0.497. The molecule has 2 bridgehead atoms. The van der Waals surface area contributed by atoms with E-state index in [1.54, 1.807) is 16.8 Å². The number of carbonyl (C=O) groups is 2. The van der Waals surface area contributed by atoms with Crippen molar-refractivity contribution in [3.8, 4) is 17.5 Å². The van der Waals surface area contributed by atoms with Gasteiger partial charge in [0.2, 0.25) is 0 Å². The summed E-state index contributed by atoms with van der Waals surface area (Å²) in [7, 11) is 0. The summed E-state index contributed by atoms with van der Waals surface area (Å²) in [6.45, 7) is 9.93. The lowest BCUT2D eigenvalue weighted by Gasteiger charge is -2.51. The van der Waals surface area contributed by atoms with Crippen LogP contribution in [0.4, 0.5) is 5.69 Å². The molecule has 0 unspecified atom stereocenters. The van der Waals surface area contributed by atoms with E-state index in [0.29, 0.717) is 35.5 Å². The molecule has 0 aliphatic heterocycles. The van der Waals surface area contributed by atoms with Crippen LogP contribution < -0.4 is 10.6 Å². The highest BCUT2D eigenvalue weighted by Gasteiger charge is 2.48. The maximum Gasteiger partial charge on any atom is 0.306 e. The van der Waals surface area contributed by atoms with Gasteiger partial charge in [0.1, 0.15) is 11.7 Å². The van der Waals surface area contributed by atoms with Crippen LogP contribution in [-0.4, -0.2) is 54.9 Å². The standard InChI is InChI=1S/C33H42N6O4/c1-30(2,3)43-28(40)18-31(4,5)14-15-35-29(41)24-21-36-26(27-7-6-23-16-22(19-34)20-37-39(23)27)17-25(24)38-32-8-11-33(42,12-9-32)13-10-32/h6-7,16-17,20-21,42H,8-15,18H2,1-5H3,(H,35,41)(H,36,38). The predicted molar refractivity (Wildman–Crippen MR) is 163 cm³/mol. The van der Waals surface area contributed by atoms with Crippen molar-refractivity contribution >= 4 is 23.1 Å². The molecule has 3 aliphatic rings. The van der Waals surface area contributed by atoms with Gasteiger partial charge in [0.25, 0.3) is 5.91 Å². The smallest absolute Gasteiger partial charge is 0.306 e. The molecule has 0 atom stereocenters. The lowest BCUT2D eigenvalue weighted by Crippen LogP contribution is -2.54. The van der Waals surface area contributed by atoms with E-state index < -0.39 is 11.2 Å². The second-order valence-electron chi connectivity index (χ2n) is 14.1. The number of rotatable bonds is 9.